The molecule has 1 fully saturated rings. The highest BCUT2D eigenvalue weighted by Gasteiger charge is 2.28. The number of rotatable bonds is 5. The van der Waals surface area contributed by atoms with Crippen LogP contribution < -0.4 is 5.32 Å². The summed E-state index contributed by atoms with van der Waals surface area (Å²) in [7, 11) is 3.45. The normalized spacial score (nSPS) is 19.1. The van der Waals surface area contributed by atoms with Crippen LogP contribution >= 0.6 is 0 Å². The molecule has 0 aromatic carbocycles. The average molecular weight is 271 g/mol. The number of aliphatic hydroxyl groups excluding tert-OH is 1. The molecular weight excluding hydrogens is 246 g/mol. The largest absolute Gasteiger partial charge is 0.396 e. The Morgan fingerprint density at radius 2 is 2.11 bits per heavy atom. The molecule has 2 N–H and O–H groups in total. The molecule has 6 nitrogen and oxygen atoms in total. The summed E-state index contributed by atoms with van der Waals surface area (Å²) >= 11 is 0. The Kier molecular flexibility index (Phi) is 6.62. The molecular formula is C13H25N3O3. The second-order valence-corrected chi connectivity index (χ2v) is 5.18. The van der Waals surface area contributed by atoms with Gasteiger partial charge in [-0.2, -0.15) is 0 Å². The summed E-state index contributed by atoms with van der Waals surface area (Å²) < 4.78 is 0. The Labute approximate surface area is 114 Å². The Balaban J connectivity index is 2.37. The molecule has 1 heterocycles. The highest BCUT2D eigenvalue weighted by Crippen LogP contribution is 2.17. The number of piperidine rings is 1. The minimum atomic E-state index is -0.105. The molecule has 1 rings (SSSR count). The van der Waals surface area contributed by atoms with Gasteiger partial charge in [-0.05, 0) is 25.7 Å². The molecule has 0 aromatic rings. The Morgan fingerprint density at radius 1 is 1.37 bits per heavy atom. The summed E-state index contributed by atoms with van der Waals surface area (Å²) in [6.07, 6.45) is 3.20. The van der Waals surface area contributed by atoms with Crippen LogP contribution in [-0.2, 0) is 4.79 Å². The van der Waals surface area contributed by atoms with Crippen LogP contribution in [0.3, 0.4) is 0 Å². The number of unbranched alkanes of at least 4 members (excludes halogenated alkanes) is 1. The topological polar surface area (TPSA) is 72.9 Å². The van der Waals surface area contributed by atoms with Crippen LogP contribution in [0.1, 0.15) is 25.7 Å². The van der Waals surface area contributed by atoms with E-state index in [0.717, 1.165) is 25.8 Å². The van der Waals surface area contributed by atoms with Crippen LogP contribution in [0.15, 0.2) is 0 Å². The van der Waals surface area contributed by atoms with Gasteiger partial charge in [0.15, 0.2) is 0 Å². The fourth-order valence-electron chi connectivity index (χ4n) is 2.24. The van der Waals surface area contributed by atoms with Gasteiger partial charge in [0.2, 0.25) is 5.91 Å². The van der Waals surface area contributed by atoms with Crippen LogP contribution in [0.25, 0.3) is 0 Å². The van der Waals surface area contributed by atoms with E-state index in [1.807, 2.05) is 0 Å². The maximum absolute atomic E-state index is 12.0. The number of likely N-dealkylation sites (tertiary alicyclic amines) is 1. The van der Waals surface area contributed by atoms with E-state index in [1.54, 1.807) is 23.9 Å². The molecule has 0 bridgehead atoms. The molecule has 3 amide bonds. The van der Waals surface area contributed by atoms with Gasteiger partial charge in [0, 0.05) is 40.3 Å². The van der Waals surface area contributed by atoms with Crippen LogP contribution in [-0.4, -0.2) is 67.2 Å². The zero-order chi connectivity index (χ0) is 14.3. The van der Waals surface area contributed by atoms with Crippen molar-refractivity contribution in [3.63, 3.8) is 0 Å². The van der Waals surface area contributed by atoms with Gasteiger partial charge in [-0.3, -0.25) is 4.79 Å². The van der Waals surface area contributed by atoms with E-state index in [2.05, 4.69) is 5.32 Å². The zero-order valence-electron chi connectivity index (χ0n) is 11.9. The van der Waals surface area contributed by atoms with E-state index in [4.69, 9.17) is 5.11 Å². The van der Waals surface area contributed by atoms with Gasteiger partial charge >= 0.3 is 6.03 Å². The van der Waals surface area contributed by atoms with Gasteiger partial charge in [0.1, 0.15) is 0 Å². The maximum Gasteiger partial charge on any atom is 0.319 e. The summed E-state index contributed by atoms with van der Waals surface area (Å²) in [6.45, 7) is 1.98. The number of carbonyl (C=O) groups is 2. The molecule has 0 aliphatic carbocycles. The van der Waals surface area contributed by atoms with Gasteiger partial charge in [-0.25, -0.2) is 4.79 Å². The molecule has 1 saturated heterocycles. The summed E-state index contributed by atoms with van der Waals surface area (Å²) in [4.78, 5) is 27.1. The lowest BCUT2D eigenvalue weighted by atomic mass is 9.97. The Morgan fingerprint density at radius 3 is 2.74 bits per heavy atom. The van der Waals surface area contributed by atoms with E-state index in [9.17, 15) is 9.59 Å². The van der Waals surface area contributed by atoms with E-state index in [1.165, 1.54) is 0 Å². The van der Waals surface area contributed by atoms with Crippen LogP contribution in [0.2, 0.25) is 0 Å². The molecule has 0 spiro atoms. The first kappa shape index (κ1) is 15.8. The standard InChI is InChI=1S/C13H25N3O3/c1-15(2)13(19)16-8-5-6-11(10-16)12(18)14-7-3-4-9-17/h11,17H,3-10H2,1-2H3,(H,14,18). The molecule has 6 heteroatoms. The number of hydrogen-bond donors (Lipinski definition) is 2. The third kappa shape index (κ3) is 5.06. The SMILES string of the molecule is CN(C)C(=O)N1CCCC(C(=O)NCCCCO)C1. The number of amides is 3. The second kappa shape index (κ2) is 7.99. The van der Waals surface area contributed by atoms with Crippen LogP contribution in [0, 0.1) is 5.92 Å². The lowest BCUT2D eigenvalue weighted by molar-refractivity contribution is -0.126. The van der Waals surface area contributed by atoms with Crippen molar-refractivity contribution in [2.75, 3.05) is 40.3 Å². The van der Waals surface area contributed by atoms with Gasteiger partial charge in [-0.1, -0.05) is 0 Å². The van der Waals surface area contributed by atoms with Crippen LogP contribution in [0.4, 0.5) is 4.79 Å². The minimum absolute atomic E-state index is 0.0224. The highest BCUT2D eigenvalue weighted by molar-refractivity contribution is 5.80. The number of nitrogens with zero attached hydrogens (tertiary/aromatic N) is 2. The molecule has 1 aliphatic heterocycles. The van der Waals surface area contributed by atoms with Crippen molar-refractivity contribution in [2.24, 2.45) is 5.92 Å². The Hall–Kier alpha value is -1.30. The van der Waals surface area contributed by atoms with E-state index in [-0.39, 0.29) is 24.5 Å². The van der Waals surface area contributed by atoms with Crippen LogP contribution in [0.5, 0.6) is 0 Å². The van der Waals surface area contributed by atoms with Crippen molar-refractivity contribution >= 4 is 11.9 Å². The molecule has 1 aliphatic rings. The zero-order valence-corrected chi connectivity index (χ0v) is 11.9. The summed E-state index contributed by atoms with van der Waals surface area (Å²) in [5.74, 6) is -0.0824. The fourth-order valence-corrected chi connectivity index (χ4v) is 2.24. The molecule has 0 radical (unpaired) electrons. The van der Waals surface area contributed by atoms with Crippen molar-refractivity contribution < 1.29 is 14.7 Å². The van der Waals surface area contributed by atoms with Gasteiger partial charge in [0.05, 0.1) is 5.92 Å². The lowest BCUT2D eigenvalue weighted by Gasteiger charge is -2.33. The van der Waals surface area contributed by atoms with Crippen molar-refractivity contribution in [1.29, 1.82) is 0 Å². The summed E-state index contributed by atoms with van der Waals surface area (Å²) in [5, 5.41) is 11.5. The van der Waals surface area contributed by atoms with E-state index in [0.29, 0.717) is 19.5 Å². The van der Waals surface area contributed by atoms with Gasteiger partial charge in [-0.15, -0.1) is 0 Å². The third-order valence-corrected chi connectivity index (χ3v) is 3.33. The predicted octanol–water partition coefficient (Wildman–Crippen LogP) is 0.269. The highest BCUT2D eigenvalue weighted by atomic mass is 16.3. The average Bonchev–Trinajstić information content (AvgIpc) is 2.42. The summed E-state index contributed by atoms with van der Waals surface area (Å²) in [6, 6.07) is -0.0298. The molecule has 0 saturated carbocycles. The monoisotopic (exact) mass is 271 g/mol. The number of nitrogens with one attached hydrogen (secondary N) is 1. The number of urea groups is 1. The van der Waals surface area contributed by atoms with E-state index < -0.39 is 0 Å². The predicted molar refractivity (Wildman–Crippen MR) is 72.7 cm³/mol. The number of carbonyl (C=O) groups excluding carboxylic acids is 2. The first-order valence-electron chi connectivity index (χ1n) is 6.91. The Bertz CT molecular complexity index is 308. The molecule has 1 unspecified atom stereocenters. The smallest absolute Gasteiger partial charge is 0.319 e. The third-order valence-electron chi connectivity index (χ3n) is 3.33. The first-order chi connectivity index (χ1) is 9.06. The summed E-state index contributed by atoms with van der Waals surface area (Å²) in [5.41, 5.74) is 0. The number of aliphatic hydroxyl groups is 1. The second-order valence-electron chi connectivity index (χ2n) is 5.18. The van der Waals surface area contributed by atoms with Crippen molar-refractivity contribution in [3.8, 4) is 0 Å². The van der Waals surface area contributed by atoms with E-state index >= 15 is 0 Å². The van der Waals surface area contributed by atoms with Gasteiger partial charge in [0.25, 0.3) is 0 Å². The van der Waals surface area contributed by atoms with Gasteiger partial charge < -0.3 is 20.2 Å². The molecule has 0 aromatic heterocycles. The fraction of sp³-hybridized carbons (Fsp3) is 0.846. The first-order valence-corrected chi connectivity index (χ1v) is 6.91. The molecule has 19 heavy (non-hydrogen) atoms. The molecule has 110 valence electrons. The quantitative estimate of drug-likeness (QED) is 0.705. The van der Waals surface area contributed by atoms with Crippen molar-refractivity contribution in [3.05, 3.63) is 0 Å². The lowest BCUT2D eigenvalue weighted by Crippen LogP contribution is -2.48. The van der Waals surface area contributed by atoms with Crippen molar-refractivity contribution in [1.82, 2.24) is 15.1 Å². The minimum Gasteiger partial charge on any atom is -0.396 e. The number of hydrogen-bond acceptors (Lipinski definition) is 3. The molecule has 1 atom stereocenters. The maximum atomic E-state index is 12.0. The van der Waals surface area contributed by atoms with Crippen molar-refractivity contribution in [2.45, 2.75) is 25.7 Å².